The minimum absolute atomic E-state index is 0.332. The lowest BCUT2D eigenvalue weighted by atomic mass is 10.1. The van der Waals surface area contributed by atoms with Crippen LogP contribution in [0.15, 0.2) is 60.7 Å². The number of hydrogen-bond acceptors (Lipinski definition) is 4. The minimum Gasteiger partial charge on any atom is -0.478 e. The van der Waals surface area contributed by atoms with Crippen LogP contribution in [0, 0.1) is 0 Å². The first-order valence-electron chi connectivity index (χ1n) is 6.31. The molecule has 5 heteroatoms. The summed E-state index contributed by atoms with van der Waals surface area (Å²) in [4.78, 5) is 23.1. The highest BCUT2D eigenvalue weighted by Crippen LogP contribution is 2.22. The minimum atomic E-state index is -1.52. The first-order valence-corrected chi connectivity index (χ1v) is 6.31. The molecular formula is C16H14O5. The van der Waals surface area contributed by atoms with Crippen LogP contribution in [0.4, 0.5) is 0 Å². The molecule has 108 valence electrons. The average Bonchev–Trinajstić information content (AvgIpc) is 2.53. The number of benzene rings is 2. The molecule has 0 amide bonds. The molecule has 2 rings (SSSR count). The summed E-state index contributed by atoms with van der Waals surface area (Å²) in [5, 5.41) is 19.1. The normalized spacial score (nSPS) is 13.2. The van der Waals surface area contributed by atoms with Gasteiger partial charge in [0.15, 0.2) is 6.10 Å². The van der Waals surface area contributed by atoms with Crippen molar-refractivity contribution in [1.29, 1.82) is 0 Å². The third-order valence-electron chi connectivity index (χ3n) is 2.90. The lowest BCUT2D eigenvalue weighted by Crippen LogP contribution is -2.23. The zero-order valence-electron chi connectivity index (χ0n) is 11.0. The zero-order valence-corrected chi connectivity index (χ0v) is 11.0. The standard InChI is InChI=1S/C16H14O5/c17-13(11-7-3-1-4-8-11)16(20)21-14(15(18)19)12-9-5-2-6-10-12/h1-10,13-14,17H,(H,18,19)/t13-,14?/m1/s1. The molecule has 21 heavy (non-hydrogen) atoms. The van der Waals surface area contributed by atoms with E-state index in [-0.39, 0.29) is 0 Å². The highest BCUT2D eigenvalue weighted by molar-refractivity contribution is 5.82. The maximum absolute atomic E-state index is 11.9. The summed E-state index contributed by atoms with van der Waals surface area (Å²) in [6.07, 6.45) is -2.96. The predicted molar refractivity (Wildman–Crippen MR) is 74.3 cm³/mol. The number of ether oxygens (including phenoxy) is 1. The van der Waals surface area contributed by atoms with Crippen molar-refractivity contribution in [2.45, 2.75) is 12.2 Å². The molecule has 0 spiro atoms. The van der Waals surface area contributed by atoms with E-state index in [9.17, 15) is 14.7 Å². The van der Waals surface area contributed by atoms with Gasteiger partial charge in [-0.1, -0.05) is 60.7 Å². The van der Waals surface area contributed by atoms with Gasteiger partial charge >= 0.3 is 11.9 Å². The monoisotopic (exact) mass is 286 g/mol. The van der Waals surface area contributed by atoms with Gasteiger partial charge in [-0.3, -0.25) is 0 Å². The number of aliphatic hydroxyl groups is 1. The van der Waals surface area contributed by atoms with Gasteiger partial charge in [-0.15, -0.1) is 0 Å². The Morgan fingerprint density at radius 3 is 1.81 bits per heavy atom. The van der Waals surface area contributed by atoms with E-state index in [0.717, 1.165) is 0 Å². The van der Waals surface area contributed by atoms with Crippen molar-refractivity contribution < 1.29 is 24.5 Å². The zero-order chi connectivity index (χ0) is 15.2. The van der Waals surface area contributed by atoms with Gasteiger partial charge < -0.3 is 14.9 Å². The Bertz CT molecular complexity index is 609. The van der Waals surface area contributed by atoms with Gasteiger partial charge in [-0.2, -0.15) is 0 Å². The second-order valence-corrected chi connectivity index (χ2v) is 4.38. The fourth-order valence-corrected chi connectivity index (χ4v) is 1.84. The maximum Gasteiger partial charge on any atom is 0.349 e. The molecule has 0 fully saturated rings. The number of aliphatic hydroxyl groups excluding tert-OH is 1. The lowest BCUT2D eigenvalue weighted by Gasteiger charge is -2.16. The quantitative estimate of drug-likeness (QED) is 0.822. The van der Waals surface area contributed by atoms with Gasteiger partial charge in [-0.05, 0) is 5.56 Å². The van der Waals surface area contributed by atoms with Crippen LogP contribution in [0.3, 0.4) is 0 Å². The fourth-order valence-electron chi connectivity index (χ4n) is 1.84. The van der Waals surface area contributed by atoms with Crippen LogP contribution in [0.1, 0.15) is 23.3 Å². The summed E-state index contributed by atoms with van der Waals surface area (Å²) < 4.78 is 4.93. The average molecular weight is 286 g/mol. The first-order chi connectivity index (χ1) is 10.1. The summed E-state index contributed by atoms with van der Waals surface area (Å²) in [7, 11) is 0. The van der Waals surface area contributed by atoms with Crippen molar-refractivity contribution in [1.82, 2.24) is 0 Å². The van der Waals surface area contributed by atoms with Crippen molar-refractivity contribution in [2.24, 2.45) is 0 Å². The van der Waals surface area contributed by atoms with Crippen LogP contribution >= 0.6 is 0 Å². The van der Waals surface area contributed by atoms with E-state index in [0.29, 0.717) is 11.1 Å². The number of carbonyl (C=O) groups is 2. The summed E-state index contributed by atoms with van der Waals surface area (Å²) in [6, 6.07) is 16.3. The molecule has 2 aromatic rings. The number of carboxylic acids is 1. The Morgan fingerprint density at radius 2 is 1.33 bits per heavy atom. The molecule has 0 heterocycles. The second kappa shape index (κ2) is 6.67. The van der Waals surface area contributed by atoms with Gasteiger partial charge in [0.2, 0.25) is 6.10 Å². The van der Waals surface area contributed by atoms with Crippen LogP contribution in [0.5, 0.6) is 0 Å². The van der Waals surface area contributed by atoms with Gasteiger partial charge in [0.1, 0.15) is 0 Å². The molecule has 0 saturated heterocycles. The molecule has 5 nitrogen and oxygen atoms in total. The predicted octanol–water partition coefficient (Wildman–Crippen LogP) is 2.09. The van der Waals surface area contributed by atoms with Crippen LogP contribution in [-0.4, -0.2) is 22.2 Å². The maximum atomic E-state index is 11.9. The Kier molecular flexibility index (Phi) is 4.68. The highest BCUT2D eigenvalue weighted by Gasteiger charge is 2.28. The Morgan fingerprint density at radius 1 is 0.857 bits per heavy atom. The number of esters is 1. The van der Waals surface area contributed by atoms with Gasteiger partial charge in [-0.25, -0.2) is 9.59 Å². The van der Waals surface area contributed by atoms with Crippen molar-refractivity contribution in [3.63, 3.8) is 0 Å². The summed E-state index contributed by atoms with van der Waals surface area (Å²) >= 11 is 0. The molecular weight excluding hydrogens is 272 g/mol. The molecule has 1 unspecified atom stereocenters. The van der Waals surface area contributed by atoms with E-state index >= 15 is 0 Å². The van der Waals surface area contributed by atoms with E-state index < -0.39 is 24.1 Å². The molecule has 2 aromatic carbocycles. The van der Waals surface area contributed by atoms with Crippen LogP contribution in [0.2, 0.25) is 0 Å². The van der Waals surface area contributed by atoms with Crippen LogP contribution in [0.25, 0.3) is 0 Å². The largest absolute Gasteiger partial charge is 0.478 e. The van der Waals surface area contributed by atoms with Gasteiger partial charge in [0.05, 0.1) is 0 Å². The summed E-state index contributed by atoms with van der Waals surface area (Å²) in [5.74, 6) is -2.30. The third kappa shape index (κ3) is 3.67. The van der Waals surface area contributed by atoms with Crippen molar-refractivity contribution in [2.75, 3.05) is 0 Å². The number of carboxylic acid groups (broad SMARTS) is 1. The highest BCUT2D eigenvalue weighted by atomic mass is 16.6. The van der Waals surface area contributed by atoms with Gasteiger partial charge in [0, 0.05) is 5.56 Å². The summed E-state index contributed by atoms with van der Waals surface area (Å²) in [5.41, 5.74) is 0.679. The summed E-state index contributed by atoms with van der Waals surface area (Å²) in [6.45, 7) is 0. The lowest BCUT2D eigenvalue weighted by molar-refractivity contribution is -0.171. The van der Waals surface area contributed by atoms with Crippen molar-refractivity contribution >= 4 is 11.9 Å². The molecule has 0 aliphatic heterocycles. The number of hydrogen-bond donors (Lipinski definition) is 2. The molecule has 0 aliphatic rings. The van der Waals surface area contributed by atoms with E-state index in [2.05, 4.69) is 0 Å². The number of carbonyl (C=O) groups excluding carboxylic acids is 1. The van der Waals surface area contributed by atoms with Crippen molar-refractivity contribution in [3.05, 3.63) is 71.8 Å². The smallest absolute Gasteiger partial charge is 0.349 e. The number of aliphatic carboxylic acids is 1. The molecule has 0 bridgehead atoms. The topological polar surface area (TPSA) is 83.8 Å². The van der Waals surface area contributed by atoms with E-state index in [1.807, 2.05) is 0 Å². The molecule has 0 saturated carbocycles. The van der Waals surface area contributed by atoms with Crippen LogP contribution < -0.4 is 0 Å². The SMILES string of the molecule is O=C(O)C(OC(=O)[C@H](O)c1ccccc1)c1ccccc1. The van der Waals surface area contributed by atoms with Crippen molar-refractivity contribution in [3.8, 4) is 0 Å². The molecule has 0 aliphatic carbocycles. The molecule has 0 aromatic heterocycles. The van der Waals surface area contributed by atoms with E-state index in [1.54, 1.807) is 60.7 Å². The Hall–Kier alpha value is -2.66. The second-order valence-electron chi connectivity index (χ2n) is 4.38. The molecule has 0 radical (unpaired) electrons. The molecule has 2 atom stereocenters. The third-order valence-corrected chi connectivity index (χ3v) is 2.90. The Labute approximate surface area is 121 Å². The first kappa shape index (κ1) is 14.7. The van der Waals surface area contributed by atoms with E-state index in [4.69, 9.17) is 9.84 Å². The van der Waals surface area contributed by atoms with E-state index in [1.165, 1.54) is 0 Å². The number of rotatable bonds is 5. The van der Waals surface area contributed by atoms with Gasteiger partial charge in [0.25, 0.3) is 0 Å². The van der Waals surface area contributed by atoms with Crippen LogP contribution in [-0.2, 0) is 14.3 Å². The fraction of sp³-hybridized carbons (Fsp3) is 0.125. The Balaban J connectivity index is 2.14. The molecule has 2 N–H and O–H groups in total.